The van der Waals surface area contributed by atoms with Crippen LogP contribution in [-0.2, 0) is 19.0 Å². The summed E-state index contributed by atoms with van der Waals surface area (Å²) in [5, 5.41) is 3.11. The van der Waals surface area contributed by atoms with Gasteiger partial charge in [-0.15, -0.1) is 0 Å². The second kappa shape index (κ2) is 9.35. The van der Waals surface area contributed by atoms with Crippen molar-refractivity contribution in [1.29, 1.82) is 0 Å². The molecule has 0 radical (unpaired) electrons. The van der Waals surface area contributed by atoms with E-state index in [1.165, 1.54) is 12.7 Å². The Hall–Kier alpha value is -2.12. The maximum atomic E-state index is 12.4. The summed E-state index contributed by atoms with van der Waals surface area (Å²) in [4.78, 5) is 26.2. The number of carbonyl (C=O) groups excluding carboxylic acids is 2. The number of hydrogen-bond donors (Lipinski definition) is 1. The van der Waals surface area contributed by atoms with E-state index < -0.39 is 5.54 Å². The van der Waals surface area contributed by atoms with Gasteiger partial charge in [0.2, 0.25) is 5.91 Å². The van der Waals surface area contributed by atoms with Gasteiger partial charge >= 0.3 is 6.09 Å². The summed E-state index contributed by atoms with van der Waals surface area (Å²) in [5.74, 6) is 0.450. The number of nitrogens with one attached hydrogen (secondary N) is 1. The molecule has 1 saturated carbocycles. The number of likely N-dealkylation sites (tertiary alicyclic amines) is 1. The van der Waals surface area contributed by atoms with Crippen molar-refractivity contribution in [2.24, 2.45) is 0 Å². The van der Waals surface area contributed by atoms with Crippen LogP contribution < -0.4 is 5.32 Å². The van der Waals surface area contributed by atoms with Crippen molar-refractivity contribution >= 4 is 12.0 Å². The van der Waals surface area contributed by atoms with E-state index in [1.54, 1.807) is 4.90 Å². The summed E-state index contributed by atoms with van der Waals surface area (Å²) in [6.45, 7) is 1.43. The minimum Gasteiger partial charge on any atom is -0.453 e. The van der Waals surface area contributed by atoms with Crippen molar-refractivity contribution in [3.05, 3.63) is 35.9 Å². The molecule has 3 fully saturated rings. The van der Waals surface area contributed by atoms with Gasteiger partial charge in [0.1, 0.15) is 6.61 Å². The highest BCUT2D eigenvalue weighted by Crippen LogP contribution is 2.35. The van der Waals surface area contributed by atoms with Crippen molar-refractivity contribution in [2.45, 2.75) is 62.1 Å². The number of carbonyl (C=O) groups is 2. The summed E-state index contributed by atoms with van der Waals surface area (Å²) < 4.78 is 16.9. The summed E-state index contributed by atoms with van der Waals surface area (Å²) in [6, 6.07) is 10.4. The van der Waals surface area contributed by atoms with E-state index in [0.717, 1.165) is 38.5 Å². The number of hydrogen-bond acceptors (Lipinski definition) is 5. The molecule has 4 rings (SSSR count). The summed E-state index contributed by atoms with van der Waals surface area (Å²) in [7, 11) is 1.39. The fourth-order valence-corrected chi connectivity index (χ4v) is 5.28. The maximum absolute atomic E-state index is 12.4. The number of morpholine rings is 1. The molecule has 1 N–H and O–H groups in total. The number of rotatable bonds is 4. The third kappa shape index (κ3) is 4.47. The Morgan fingerprint density at radius 1 is 1.23 bits per heavy atom. The largest absolute Gasteiger partial charge is 0.453 e. The number of piperidine rings is 1. The van der Waals surface area contributed by atoms with E-state index in [2.05, 4.69) is 35.6 Å². The number of nitrogens with zero attached hydrogens (tertiary/aromatic N) is 1. The summed E-state index contributed by atoms with van der Waals surface area (Å²) in [6.07, 6.45) is 5.55. The van der Waals surface area contributed by atoms with Crippen LogP contribution in [0.5, 0.6) is 0 Å². The summed E-state index contributed by atoms with van der Waals surface area (Å²) in [5.41, 5.74) is 0.796. The van der Waals surface area contributed by atoms with Crippen molar-refractivity contribution in [3.63, 3.8) is 0 Å². The monoisotopic (exact) mass is 416 g/mol. The summed E-state index contributed by atoms with van der Waals surface area (Å²) >= 11 is 0. The molecule has 1 aromatic rings. The molecular weight excluding hydrogens is 384 g/mol. The van der Waals surface area contributed by atoms with Gasteiger partial charge in [0, 0.05) is 6.54 Å². The molecule has 0 unspecified atom stereocenters. The molecule has 3 aliphatic rings. The number of ether oxygens (including phenoxy) is 3. The highest BCUT2D eigenvalue weighted by atomic mass is 16.5. The normalized spacial score (nSPS) is 32.0. The SMILES string of the molecule is COC(=O)N1CCC[C@]2(COCC(=O)N2)[C@H]1CO[C@H]1CC[C@@H](c2ccccc2)CC1. The molecule has 0 bridgehead atoms. The number of amides is 2. The van der Waals surface area contributed by atoms with Crippen LogP contribution in [0.1, 0.15) is 50.0 Å². The van der Waals surface area contributed by atoms with Crippen LogP contribution >= 0.6 is 0 Å². The standard InChI is InChI=1S/C23H32N2O5/c1-28-22(27)25-13-5-12-23(16-29-15-21(26)24-23)20(25)14-30-19-10-8-18(9-11-19)17-6-3-2-4-7-17/h2-4,6-7,18-20H,5,8-16H2,1H3,(H,24,26)/t18-,19+,20-,23+/m1/s1. The molecule has 1 aromatic carbocycles. The average molecular weight is 417 g/mol. The number of benzene rings is 1. The van der Waals surface area contributed by atoms with Crippen LogP contribution in [0.4, 0.5) is 4.79 Å². The van der Waals surface area contributed by atoms with E-state index >= 15 is 0 Å². The molecule has 0 aromatic heterocycles. The Morgan fingerprint density at radius 3 is 2.70 bits per heavy atom. The molecule has 7 nitrogen and oxygen atoms in total. The third-order valence-corrected chi connectivity index (χ3v) is 6.86. The molecule has 2 atom stereocenters. The highest BCUT2D eigenvalue weighted by Gasteiger charge is 2.50. The first-order valence-corrected chi connectivity index (χ1v) is 11.0. The van der Waals surface area contributed by atoms with Gasteiger partial charge in [0.05, 0.1) is 38.0 Å². The Morgan fingerprint density at radius 2 is 2.00 bits per heavy atom. The van der Waals surface area contributed by atoms with Gasteiger partial charge in [-0.1, -0.05) is 30.3 Å². The van der Waals surface area contributed by atoms with Gasteiger partial charge < -0.3 is 24.4 Å². The van der Waals surface area contributed by atoms with Crippen LogP contribution in [0.25, 0.3) is 0 Å². The number of methoxy groups -OCH3 is 1. The predicted molar refractivity (Wildman–Crippen MR) is 111 cm³/mol. The van der Waals surface area contributed by atoms with Gasteiger partial charge in [-0.3, -0.25) is 4.79 Å². The first kappa shape index (κ1) is 21.1. The van der Waals surface area contributed by atoms with E-state index in [4.69, 9.17) is 14.2 Å². The van der Waals surface area contributed by atoms with Crippen LogP contribution in [-0.4, -0.2) is 68.1 Å². The predicted octanol–water partition coefficient (Wildman–Crippen LogP) is 2.85. The van der Waals surface area contributed by atoms with Gasteiger partial charge in [0.25, 0.3) is 0 Å². The van der Waals surface area contributed by atoms with E-state index in [-0.39, 0.29) is 30.8 Å². The van der Waals surface area contributed by atoms with Crippen LogP contribution in [0.15, 0.2) is 30.3 Å². The molecular formula is C23H32N2O5. The molecule has 2 amide bonds. The molecule has 2 saturated heterocycles. The Bertz CT molecular complexity index is 730. The van der Waals surface area contributed by atoms with E-state index in [0.29, 0.717) is 25.7 Å². The molecule has 2 aliphatic heterocycles. The van der Waals surface area contributed by atoms with Crippen LogP contribution in [0.2, 0.25) is 0 Å². The van der Waals surface area contributed by atoms with Gasteiger partial charge in [-0.25, -0.2) is 4.79 Å². The molecule has 2 heterocycles. The highest BCUT2D eigenvalue weighted by molar-refractivity contribution is 5.79. The second-order valence-electron chi connectivity index (χ2n) is 8.70. The first-order chi connectivity index (χ1) is 14.6. The van der Waals surface area contributed by atoms with Crippen LogP contribution in [0.3, 0.4) is 0 Å². The quantitative estimate of drug-likeness (QED) is 0.817. The zero-order chi connectivity index (χ0) is 21.0. The minimum absolute atomic E-state index is 0.0665. The molecule has 7 heteroatoms. The van der Waals surface area contributed by atoms with Gasteiger partial charge in [-0.2, -0.15) is 0 Å². The lowest BCUT2D eigenvalue weighted by atomic mass is 9.80. The van der Waals surface area contributed by atoms with Crippen LogP contribution in [0, 0.1) is 0 Å². The van der Waals surface area contributed by atoms with E-state index in [9.17, 15) is 9.59 Å². The smallest absolute Gasteiger partial charge is 0.409 e. The Labute approximate surface area is 178 Å². The molecule has 1 aliphatic carbocycles. The van der Waals surface area contributed by atoms with Crippen molar-refractivity contribution in [1.82, 2.24) is 10.2 Å². The van der Waals surface area contributed by atoms with Gasteiger partial charge in [0.15, 0.2) is 0 Å². The maximum Gasteiger partial charge on any atom is 0.409 e. The Balaban J connectivity index is 1.40. The average Bonchev–Trinajstić information content (AvgIpc) is 2.78. The van der Waals surface area contributed by atoms with Gasteiger partial charge in [-0.05, 0) is 50.0 Å². The molecule has 30 heavy (non-hydrogen) atoms. The van der Waals surface area contributed by atoms with Crippen molar-refractivity contribution < 1.29 is 23.8 Å². The fourth-order valence-electron chi connectivity index (χ4n) is 5.28. The second-order valence-corrected chi connectivity index (χ2v) is 8.70. The molecule has 164 valence electrons. The van der Waals surface area contributed by atoms with Crippen molar-refractivity contribution in [3.8, 4) is 0 Å². The zero-order valence-electron chi connectivity index (χ0n) is 17.7. The zero-order valence-corrected chi connectivity index (χ0v) is 17.7. The Kier molecular flexibility index (Phi) is 6.58. The lowest BCUT2D eigenvalue weighted by Crippen LogP contribution is -2.71. The fraction of sp³-hybridized carbons (Fsp3) is 0.652. The lowest BCUT2D eigenvalue weighted by molar-refractivity contribution is -0.143. The third-order valence-electron chi connectivity index (χ3n) is 6.86. The topological polar surface area (TPSA) is 77.1 Å². The van der Waals surface area contributed by atoms with E-state index in [1.807, 2.05) is 0 Å². The van der Waals surface area contributed by atoms with Crippen molar-refractivity contribution in [2.75, 3.05) is 33.5 Å². The minimum atomic E-state index is -0.608. The lowest BCUT2D eigenvalue weighted by Gasteiger charge is -2.51. The first-order valence-electron chi connectivity index (χ1n) is 11.0. The molecule has 1 spiro atoms.